The van der Waals surface area contributed by atoms with Gasteiger partial charge in [0.2, 0.25) is 5.91 Å². The first kappa shape index (κ1) is 21.7. The SMILES string of the molecule is CCNC(=NCCNC(=O)C(C)C)N1CCC(c2cnn(C)c2)C1.I. The van der Waals surface area contributed by atoms with Gasteiger partial charge in [-0.3, -0.25) is 14.5 Å². The highest BCUT2D eigenvalue weighted by Gasteiger charge is 2.26. The molecule has 1 fully saturated rings. The van der Waals surface area contributed by atoms with Crippen LogP contribution in [0.1, 0.15) is 38.7 Å². The normalized spacial score (nSPS) is 17.6. The fraction of sp³-hybridized carbons (Fsp3) is 0.706. The number of aromatic nitrogens is 2. The maximum atomic E-state index is 11.6. The van der Waals surface area contributed by atoms with Crippen molar-refractivity contribution in [2.24, 2.45) is 18.0 Å². The van der Waals surface area contributed by atoms with E-state index in [2.05, 4.69) is 38.7 Å². The smallest absolute Gasteiger partial charge is 0.222 e. The lowest BCUT2D eigenvalue weighted by molar-refractivity contribution is -0.123. The summed E-state index contributed by atoms with van der Waals surface area (Å²) in [4.78, 5) is 18.5. The largest absolute Gasteiger partial charge is 0.357 e. The van der Waals surface area contributed by atoms with Gasteiger partial charge in [-0.1, -0.05) is 13.8 Å². The lowest BCUT2D eigenvalue weighted by atomic mass is 10.0. The van der Waals surface area contributed by atoms with E-state index >= 15 is 0 Å². The minimum atomic E-state index is 0. The summed E-state index contributed by atoms with van der Waals surface area (Å²) in [6, 6.07) is 0. The van der Waals surface area contributed by atoms with Crippen LogP contribution in [0, 0.1) is 5.92 Å². The first-order valence-electron chi connectivity index (χ1n) is 8.80. The molecular weight excluding hydrogens is 431 g/mol. The zero-order valence-corrected chi connectivity index (χ0v) is 18.0. The lowest BCUT2D eigenvalue weighted by Gasteiger charge is -2.21. The average Bonchev–Trinajstić information content (AvgIpc) is 3.18. The highest BCUT2D eigenvalue weighted by Crippen LogP contribution is 2.26. The third kappa shape index (κ3) is 6.48. The van der Waals surface area contributed by atoms with E-state index in [0.29, 0.717) is 19.0 Å². The van der Waals surface area contributed by atoms with E-state index in [1.807, 2.05) is 31.8 Å². The molecule has 1 aromatic heterocycles. The summed E-state index contributed by atoms with van der Waals surface area (Å²) >= 11 is 0. The number of carbonyl (C=O) groups is 1. The minimum absolute atomic E-state index is 0. The predicted molar refractivity (Wildman–Crippen MR) is 111 cm³/mol. The summed E-state index contributed by atoms with van der Waals surface area (Å²) in [5, 5.41) is 10.5. The van der Waals surface area contributed by atoms with Crippen molar-refractivity contribution < 1.29 is 4.79 Å². The Bertz CT molecular complexity index is 571. The van der Waals surface area contributed by atoms with Crippen LogP contribution in [0.2, 0.25) is 0 Å². The van der Waals surface area contributed by atoms with Gasteiger partial charge in [-0.2, -0.15) is 5.10 Å². The monoisotopic (exact) mass is 462 g/mol. The van der Waals surface area contributed by atoms with Gasteiger partial charge in [0.25, 0.3) is 0 Å². The number of rotatable bonds is 6. The molecule has 0 aromatic carbocycles. The van der Waals surface area contributed by atoms with Crippen LogP contribution in [0.25, 0.3) is 0 Å². The number of hydrogen-bond acceptors (Lipinski definition) is 3. The molecule has 0 saturated carbocycles. The van der Waals surface area contributed by atoms with Crippen LogP contribution in [0.3, 0.4) is 0 Å². The Kier molecular flexibility index (Phi) is 9.23. The van der Waals surface area contributed by atoms with Crippen LogP contribution in [0.4, 0.5) is 0 Å². The van der Waals surface area contributed by atoms with Crippen LogP contribution in [-0.4, -0.2) is 59.3 Å². The van der Waals surface area contributed by atoms with Gasteiger partial charge in [0, 0.05) is 51.3 Å². The van der Waals surface area contributed by atoms with Crippen molar-refractivity contribution in [2.75, 3.05) is 32.7 Å². The van der Waals surface area contributed by atoms with E-state index in [1.165, 1.54) is 5.56 Å². The Morgan fingerprint density at radius 3 is 2.80 bits per heavy atom. The van der Waals surface area contributed by atoms with E-state index in [4.69, 9.17) is 0 Å². The molecule has 2 rings (SSSR count). The molecule has 0 spiro atoms. The molecule has 1 aliphatic heterocycles. The maximum absolute atomic E-state index is 11.6. The number of carbonyl (C=O) groups excluding carboxylic acids is 1. The molecule has 1 aliphatic rings. The van der Waals surface area contributed by atoms with Gasteiger partial charge in [-0.05, 0) is 18.9 Å². The molecule has 2 heterocycles. The zero-order valence-electron chi connectivity index (χ0n) is 15.7. The van der Waals surface area contributed by atoms with Gasteiger partial charge in [0.05, 0.1) is 12.7 Å². The Hall–Kier alpha value is -1.32. The molecule has 0 radical (unpaired) electrons. The van der Waals surface area contributed by atoms with E-state index < -0.39 is 0 Å². The number of aliphatic imine (C=N–C) groups is 1. The van der Waals surface area contributed by atoms with Gasteiger partial charge >= 0.3 is 0 Å². The molecule has 1 unspecified atom stereocenters. The topological polar surface area (TPSA) is 74.6 Å². The standard InChI is InChI=1S/C17H30N6O.HI/c1-5-18-17(20-8-7-19-16(24)13(2)3)23-9-6-14(12-23)15-10-21-22(4)11-15;/h10-11,13-14H,5-9,12H2,1-4H3,(H,18,20)(H,19,24);1H. The van der Waals surface area contributed by atoms with Gasteiger partial charge in [-0.25, -0.2) is 0 Å². The average molecular weight is 462 g/mol. The molecular formula is C17H31IN6O. The first-order chi connectivity index (χ1) is 11.5. The van der Waals surface area contributed by atoms with Crippen molar-refractivity contribution in [3.63, 3.8) is 0 Å². The third-order valence-electron chi connectivity index (χ3n) is 4.22. The zero-order chi connectivity index (χ0) is 17.5. The van der Waals surface area contributed by atoms with Gasteiger partial charge in [0.1, 0.15) is 0 Å². The van der Waals surface area contributed by atoms with Crippen LogP contribution in [0.5, 0.6) is 0 Å². The summed E-state index contributed by atoms with van der Waals surface area (Å²) < 4.78 is 1.86. The number of guanidine groups is 1. The molecule has 25 heavy (non-hydrogen) atoms. The number of aryl methyl sites for hydroxylation is 1. The molecule has 1 amide bonds. The van der Waals surface area contributed by atoms with Gasteiger partial charge in [-0.15, -0.1) is 24.0 Å². The van der Waals surface area contributed by atoms with Gasteiger partial charge in [0.15, 0.2) is 5.96 Å². The number of nitrogens with one attached hydrogen (secondary N) is 2. The number of halogens is 1. The minimum Gasteiger partial charge on any atom is -0.357 e. The molecule has 1 atom stereocenters. The maximum Gasteiger partial charge on any atom is 0.222 e. The molecule has 8 heteroatoms. The number of nitrogens with zero attached hydrogens (tertiary/aromatic N) is 4. The first-order valence-corrected chi connectivity index (χ1v) is 8.80. The lowest BCUT2D eigenvalue weighted by Crippen LogP contribution is -2.40. The Morgan fingerprint density at radius 2 is 2.20 bits per heavy atom. The molecule has 1 saturated heterocycles. The fourth-order valence-electron chi connectivity index (χ4n) is 2.85. The van der Waals surface area contributed by atoms with Crippen LogP contribution in [-0.2, 0) is 11.8 Å². The molecule has 1 aromatic rings. The van der Waals surface area contributed by atoms with E-state index in [-0.39, 0.29) is 35.8 Å². The predicted octanol–water partition coefficient (Wildman–Crippen LogP) is 1.57. The van der Waals surface area contributed by atoms with Crippen molar-refractivity contribution in [1.29, 1.82) is 0 Å². The summed E-state index contributed by atoms with van der Waals surface area (Å²) in [6.07, 6.45) is 5.17. The number of likely N-dealkylation sites (tertiary alicyclic amines) is 1. The second-order valence-corrected chi connectivity index (χ2v) is 6.56. The Morgan fingerprint density at radius 1 is 1.44 bits per heavy atom. The van der Waals surface area contributed by atoms with Crippen LogP contribution < -0.4 is 10.6 Å². The van der Waals surface area contributed by atoms with Crippen molar-refractivity contribution in [3.05, 3.63) is 18.0 Å². The van der Waals surface area contributed by atoms with Crippen molar-refractivity contribution in [2.45, 2.75) is 33.1 Å². The molecule has 2 N–H and O–H groups in total. The van der Waals surface area contributed by atoms with Crippen molar-refractivity contribution in [3.8, 4) is 0 Å². The molecule has 7 nitrogen and oxygen atoms in total. The third-order valence-corrected chi connectivity index (χ3v) is 4.22. The molecule has 0 aliphatic carbocycles. The highest BCUT2D eigenvalue weighted by molar-refractivity contribution is 14.0. The fourth-order valence-corrected chi connectivity index (χ4v) is 2.85. The highest BCUT2D eigenvalue weighted by atomic mass is 127. The Balaban J connectivity index is 0.00000312. The van der Waals surface area contributed by atoms with E-state index in [1.54, 1.807) is 0 Å². The number of amides is 1. The van der Waals surface area contributed by atoms with Crippen LogP contribution >= 0.6 is 24.0 Å². The van der Waals surface area contributed by atoms with Crippen molar-refractivity contribution in [1.82, 2.24) is 25.3 Å². The summed E-state index contributed by atoms with van der Waals surface area (Å²) in [6.45, 7) is 9.81. The summed E-state index contributed by atoms with van der Waals surface area (Å²) in [5.74, 6) is 1.53. The Labute approximate surface area is 167 Å². The van der Waals surface area contributed by atoms with E-state index in [9.17, 15) is 4.79 Å². The quantitative estimate of drug-likeness (QED) is 0.291. The molecule has 0 bridgehead atoms. The van der Waals surface area contributed by atoms with Crippen molar-refractivity contribution >= 4 is 35.8 Å². The second-order valence-electron chi connectivity index (χ2n) is 6.56. The number of hydrogen-bond donors (Lipinski definition) is 2. The summed E-state index contributed by atoms with van der Waals surface area (Å²) in [5.41, 5.74) is 1.29. The second kappa shape index (κ2) is 10.6. The van der Waals surface area contributed by atoms with Gasteiger partial charge < -0.3 is 15.5 Å². The molecule has 142 valence electrons. The summed E-state index contributed by atoms with van der Waals surface area (Å²) in [7, 11) is 1.95. The van der Waals surface area contributed by atoms with Crippen LogP contribution in [0.15, 0.2) is 17.4 Å². The van der Waals surface area contributed by atoms with E-state index in [0.717, 1.165) is 32.0 Å².